The SMILES string of the molecule is CC(OC(=O)C1CC1c1ccc(F)cc1)C(=O)Nc1ccc(F)c([N+](=O)[O-])c1. The van der Waals surface area contributed by atoms with Gasteiger partial charge in [0, 0.05) is 11.8 Å². The molecule has 0 radical (unpaired) electrons. The fourth-order valence-corrected chi connectivity index (χ4v) is 2.82. The zero-order valence-electron chi connectivity index (χ0n) is 14.7. The van der Waals surface area contributed by atoms with Gasteiger partial charge in [0.2, 0.25) is 5.82 Å². The number of nitrogens with zero attached hydrogens (tertiary/aromatic N) is 1. The summed E-state index contributed by atoms with van der Waals surface area (Å²) in [5, 5.41) is 13.1. The van der Waals surface area contributed by atoms with Crippen molar-refractivity contribution in [3.05, 3.63) is 69.8 Å². The maximum Gasteiger partial charge on any atom is 0.310 e. The van der Waals surface area contributed by atoms with Gasteiger partial charge in [-0.25, -0.2) is 4.39 Å². The summed E-state index contributed by atoms with van der Waals surface area (Å²) in [6.07, 6.45) is -0.603. The van der Waals surface area contributed by atoms with E-state index in [9.17, 15) is 28.5 Å². The number of benzene rings is 2. The molecule has 3 rings (SSSR count). The van der Waals surface area contributed by atoms with Crippen LogP contribution in [0.5, 0.6) is 0 Å². The Morgan fingerprint density at radius 2 is 1.89 bits per heavy atom. The van der Waals surface area contributed by atoms with Crippen LogP contribution in [-0.4, -0.2) is 22.9 Å². The highest BCUT2D eigenvalue weighted by Gasteiger charge is 2.46. The van der Waals surface area contributed by atoms with Crippen LogP contribution in [0.1, 0.15) is 24.8 Å². The minimum absolute atomic E-state index is 0.0107. The Morgan fingerprint density at radius 1 is 1.21 bits per heavy atom. The predicted molar refractivity (Wildman–Crippen MR) is 94.5 cm³/mol. The second-order valence-electron chi connectivity index (χ2n) is 6.49. The van der Waals surface area contributed by atoms with Gasteiger partial charge in [-0.3, -0.25) is 19.7 Å². The molecule has 3 unspecified atom stereocenters. The summed E-state index contributed by atoms with van der Waals surface area (Å²) in [7, 11) is 0. The number of carbonyl (C=O) groups is 2. The lowest BCUT2D eigenvalue weighted by atomic mass is 10.1. The van der Waals surface area contributed by atoms with Gasteiger partial charge in [-0.05, 0) is 49.1 Å². The number of anilines is 1. The van der Waals surface area contributed by atoms with Gasteiger partial charge in [-0.1, -0.05) is 12.1 Å². The predicted octanol–water partition coefficient (Wildman–Crippen LogP) is 3.55. The highest BCUT2D eigenvalue weighted by molar-refractivity contribution is 5.95. The van der Waals surface area contributed by atoms with Crippen molar-refractivity contribution in [3.63, 3.8) is 0 Å². The third-order valence-electron chi connectivity index (χ3n) is 4.46. The van der Waals surface area contributed by atoms with E-state index in [1.807, 2.05) is 0 Å². The number of halogens is 2. The number of nitrogens with one attached hydrogen (secondary N) is 1. The van der Waals surface area contributed by atoms with Crippen LogP contribution in [-0.2, 0) is 14.3 Å². The van der Waals surface area contributed by atoms with E-state index in [0.717, 1.165) is 17.7 Å². The topological polar surface area (TPSA) is 98.5 Å². The molecule has 0 heterocycles. The first-order valence-corrected chi connectivity index (χ1v) is 8.47. The molecule has 9 heteroatoms. The number of rotatable bonds is 6. The summed E-state index contributed by atoms with van der Waals surface area (Å²) in [6.45, 7) is 1.36. The quantitative estimate of drug-likeness (QED) is 0.462. The summed E-state index contributed by atoms with van der Waals surface area (Å²) in [5.41, 5.74) is 0.0539. The lowest BCUT2D eigenvalue weighted by molar-refractivity contribution is -0.387. The highest BCUT2D eigenvalue weighted by atomic mass is 19.1. The van der Waals surface area contributed by atoms with Gasteiger partial charge in [0.15, 0.2) is 6.10 Å². The van der Waals surface area contributed by atoms with E-state index in [0.29, 0.717) is 6.42 Å². The van der Waals surface area contributed by atoms with E-state index in [4.69, 9.17) is 4.74 Å². The molecule has 1 N–H and O–H groups in total. The van der Waals surface area contributed by atoms with Gasteiger partial charge in [0.05, 0.1) is 10.8 Å². The van der Waals surface area contributed by atoms with Crippen molar-refractivity contribution in [2.45, 2.75) is 25.4 Å². The van der Waals surface area contributed by atoms with Crippen LogP contribution < -0.4 is 5.32 Å². The Balaban J connectivity index is 1.56. The third-order valence-corrected chi connectivity index (χ3v) is 4.46. The minimum atomic E-state index is -1.15. The van der Waals surface area contributed by atoms with E-state index in [2.05, 4.69) is 5.32 Å². The number of amides is 1. The molecule has 1 aliphatic rings. The van der Waals surface area contributed by atoms with Gasteiger partial charge in [0.1, 0.15) is 5.82 Å². The van der Waals surface area contributed by atoms with Crippen LogP contribution in [0, 0.1) is 27.7 Å². The van der Waals surface area contributed by atoms with E-state index in [-0.39, 0.29) is 17.4 Å². The molecule has 0 saturated heterocycles. The lowest BCUT2D eigenvalue weighted by Crippen LogP contribution is -2.30. The number of nitro groups is 1. The Kier molecular flexibility index (Phi) is 5.34. The number of esters is 1. The van der Waals surface area contributed by atoms with Gasteiger partial charge in [-0.15, -0.1) is 0 Å². The van der Waals surface area contributed by atoms with E-state index >= 15 is 0 Å². The average molecular weight is 390 g/mol. The second kappa shape index (κ2) is 7.71. The number of nitro benzene ring substituents is 1. The van der Waals surface area contributed by atoms with Gasteiger partial charge in [-0.2, -0.15) is 4.39 Å². The Morgan fingerprint density at radius 3 is 2.54 bits per heavy atom. The first-order chi connectivity index (χ1) is 13.3. The van der Waals surface area contributed by atoms with Gasteiger partial charge >= 0.3 is 11.7 Å². The summed E-state index contributed by atoms with van der Waals surface area (Å²) in [4.78, 5) is 34.2. The van der Waals surface area contributed by atoms with Crippen molar-refractivity contribution < 1.29 is 28.0 Å². The van der Waals surface area contributed by atoms with Crippen molar-refractivity contribution in [1.29, 1.82) is 0 Å². The summed E-state index contributed by atoms with van der Waals surface area (Å²) < 4.78 is 31.5. The molecule has 1 saturated carbocycles. The van der Waals surface area contributed by atoms with Crippen LogP contribution in [0.2, 0.25) is 0 Å². The first-order valence-electron chi connectivity index (χ1n) is 8.47. The zero-order chi connectivity index (χ0) is 20.4. The smallest absolute Gasteiger partial charge is 0.310 e. The van der Waals surface area contributed by atoms with Crippen molar-refractivity contribution in [1.82, 2.24) is 0 Å². The van der Waals surface area contributed by atoms with Gasteiger partial charge in [0.25, 0.3) is 5.91 Å². The van der Waals surface area contributed by atoms with E-state index in [1.54, 1.807) is 12.1 Å². The summed E-state index contributed by atoms with van der Waals surface area (Å²) in [5.74, 6) is -3.14. The molecule has 1 fully saturated rings. The van der Waals surface area contributed by atoms with Crippen LogP contribution in [0.4, 0.5) is 20.2 Å². The third kappa shape index (κ3) is 4.30. The number of ether oxygens (including phenoxy) is 1. The molecule has 3 atom stereocenters. The Labute approximate surface area is 158 Å². The molecule has 0 aromatic heterocycles. The maximum absolute atomic E-state index is 13.3. The molecule has 0 aliphatic heterocycles. The van der Waals surface area contributed by atoms with Crippen molar-refractivity contribution in [2.24, 2.45) is 5.92 Å². The number of carbonyl (C=O) groups excluding carboxylic acids is 2. The average Bonchev–Trinajstić information content (AvgIpc) is 3.44. The molecule has 7 nitrogen and oxygen atoms in total. The number of hydrogen-bond donors (Lipinski definition) is 1. The lowest BCUT2D eigenvalue weighted by Gasteiger charge is -2.13. The highest BCUT2D eigenvalue weighted by Crippen LogP contribution is 2.48. The first kappa shape index (κ1) is 19.4. The standard InChI is InChI=1S/C19H16F2N2O5/c1-10(18(24)22-13-6-7-16(21)17(8-13)23(26)27)28-19(25)15-9-14(15)11-2-4-12(20)5-3-11/h2-8,10,14-15H,9H2,1H3,(H,22,24). The maximum atomic E-state index is 13.3. The minimum Gasteiger partial charge on any atom is -0.452 e. The molecule has 1 amide bonds. The monoisotopic (exact) mass is 390 g/mol. The molecule has 0 bridgehead atoms. The largest absolute Gasteiger partial charge is 0.452 e. The van der Waals surface area contributed by atoms with Crippen molar-refractivity contribution in [3.8, 4) is 0 Å². The zero-order valence-corrected chi connectivity index (χ0v) is 14.7. The molecule has 1 aliphatic carbocycles. The Bertz CT molecular complexity index is 932. The molecular formula is C19H16F2N2O5. The summed E-state index contributed by atoms with van der Waals surface area (Å²) in [6, 6.07) is 8.74. The molecule has 28 heavy (non-hydrogen) atoms. The molecule has 146 valence electrons. The van der Waals surface area contributed by atoms with Gasteiger partial charge < -0.3 is 10.1 Å². The van der Waals surface area contributed by atoms with Crippen LogP contribution in [0.3, 0.4) is 0 Å². The van der Waals surface area contributed by atoms with Crippen LogP contribution in [0.15, 0.2) is 42.5 Å². The normalized spacial score (nSPS) is 18.8. The fourth-order valence-electron chi connectivity index (χ4n) is 2.82. The molecular weight excluding hydrogens is 374 g/mol. The van der Waals surface area contributed by atoms with Crippen molar-refractivity contribution >= 4 is 23.3 Å². The molecule has 2 aromatic carbocycles. The summed E-state index contributed by atoms with van der Waals surface area (Å²) >= 11 is 0. The number of hydrogen-bond acceptors (Lipinski definition) is 5. The van der Waals surface area contributed by atoms with Crippen LogP contribution in [0.25, 0.3) is 0 Å². The molecule has 2 aromatic rings. The second-order valence-corrected chi connectivity index (χ2v) is 6.49. The van der Waals surface area contributed by atoms with E-state index < -0.39 is 40.3 Å². The van der Waals surface area contributed by atoms with Crippen molar-refractivity contribution in [2.75, 3.05) is 5.32 Å². The fraction of sp³-hybridized carbons (Fsp3) is 0.263. The van der Waals surface area contributed by atoms with Crippen LogP contribution >= 0.6 is 0 Å². The molecule has 0 spiro atoms. The van der Waals surface area contributed by atoms with E-state index in [1.165, 1.54) is 25.1 Å². The Hall–Kier alpha value is -3.36.